The number of anilines is 1. The van der Waals surface area contributed by atoms with Crippen LogP contribution in [-0.4, -0.2) is 5.91 Å². The number of hydrogen-bond acceptors (Lipinski definition) is 3. The highest BCUT2D eigenvalue weighted by Crippen LogP contribution is 2.32. The highest BCUT2D eigenvalue weighted by Gasteiger charge is 2.17. The molecule has 0 aromatic carbocycles. The molecule has 0 atom stereocenters. The molecule has 1 aromatic heterocycles. The number of rotatable bonds is 3. The predicted octanol–water partition coefficient (Wildman–Crippen LogP) is 3.09. The number of thiophene rings is 1. The number of nitrogens with one attached hydrogen (secondary N) is 1. The van der Waals surface area contributed by atoms with Crippen molar-refractivity contribution in [2.45, 2.75) is 34.1 Å². The van der Waals surface area contributed by atoms with E-state index in [1.807, 2.05) is 27.7 Å². The number of nitrogens with zero attached hydrogens (tertiary/aromatic N) is 1. The monoisotopic (exact) mass is 236 g/mol. The first-order valence-corrected chi connectivity index (χ1v) is 6.16. The minimum Gasteiger partial charge on any atom is -0.316 e. The largest absolute Gasteiger partial charge is 0.316 e. The fourth-order valence-electron chi connectivity index (χ4n) is 1.47. The van der Waals surface area contributed by atoms with Crippen LogP contribution in [0.5, 0.6) is 0 Å². The molecule has 1 heterocycles. The van der Waals surface area contributed by atoms with Crippen molar-refractivity contribution >= 4 is 22.2 Å². The van der Waals surface area contributed by atoms with Crippen molar-refractivity contribution in [2.75, 3.05) is 5.32 Å². The number of nitriles is 1. The van der Waals surface area contributed by atoms with Gasteiger partial charge in [-0.15, -0.1) is 11.3 Å². The fourth-order valence-corrected chi connectivity index (χ4v) is 2.57. The molecular formula is C12H16N2OS. The summed E-state index contributed by atoms with van der Waals surface area (Å²) in [5.41, 5.74) is 1.67. The molecule has 0 saturated heterocycles. The molecule has 0 aliphatic rings. The van der Waals surface area contributed by atoms with Crippen LogP contribution in [0.2, 0.25) is 0 Å². The average Bonchev–Trinajstić information content (AvgIpc) is 2.53. The van der Waals surface area contributed by atoms with Gasteiger partial charge in [0.1, 0.15) is 11.1 Å². The summed E-state index contributed by atoms with van der Waals surface area (Å²) < 4.78 is 0. The Morgan fingerprint density at radius 3 is 2.62 bits per heavy atom. The predicted molar refractivity (Wildman–Crippen MR) is 66.6 cm³/mol. The molecule has 0 unspecified atom stereocenters. The molecule has 1 amide bonds. The standard InChI is InChI=1S/C12H16N2OS/c1-5-9-8(4)16-12(10(9)6-13)14-11(15)7(2)3/h7H,5H2,1-4H3,(H,14,15). The number of aryl methyl sites for hydroxylation is 1. The molecule has 0 aliphatic carbocycles. The van der Waals surface area contributed by atoms with Gasteiger partial charge in [0.25, 0.3) is 0 Å². The summed E-state index contributed by atoms with van der Waals surface area (Å²) in [5.74, 6) is -0.112. The maximum Gasteiger partial charge on any atom is 0.227 e. The van der Waals surface area contributed by atoms with E-state index < -0.39 is 0 Å². The van der Waals surface area contributed by atoms with Gasteiger partial charge in [-0.05, 0) is 18.9 Å². The van der Waals surface area contributed by atoms with Gasteiger partial charge in [0.05, 0.1) is 5.56 Å². The van der Waals surface area contributed by atoms with Crippen molar-refractivity contribution in [2.24, 2.45) is 5.92 Å². The van der Waals surface area contributed by atoms with Crippen molar-refractivity contribution in [1.82, 2.24) is 0 Å². The zero-order valence-corrected chi connectivity index (χ0v) is 10.9. The minimum atomic E-state index is -0.0703. The van der Waals surface area contributed by atoms with Crippen LogP contribution in [0.3, 0.4) is 0 Å². The van der Waals surface area contributed by atoms with Crippen LogP contribution in [0.15, 0.2) is 0 Å². The SMILES string of the molecule is CCc1c(C)sc(NC(=O)C(C)C)c1C#N. The van der Waals surface area contributed by atoms with Crippen LogP contribution in [0, 0.1) is 24.2 Å². The lowest BCUT2D eigenvalue weighted by Crippen LogP contribution is -2.17. The molecular weight excluding hydrogens is 220 g/mol. The van der Waals surface area contributed by atoms with Crippen LogP contribution in [-0.2, 0) is 11.2 Å². The summed E-state index contributed by atoms with van der Waals surface area (Å²) in [6.07, 6.45) is 0.822. The molecule has 1 rings (SSSR count). The first kappa shape index (κ1) is 12.7. The number of amides is 1. The van der Waals surface area contributed by atoms with E-state index in [1.165, 1.54) is 11.3 Å². The van der Waals surface area contributed by atoms with Gasteiger partial charge in [-0.25, -0.2) is 0 Å². The van der Waals surface area contributed by atoms with E-state index >= 15 is 0 Å². The highest BCUT2D eigenvalue weighted by atomic mass is 32.1. The quantitative estimate of drug-likeness (QED) is 0.876. The lowest BCUT2D eigenvalue weighted by Gasteiger charge is -2.05. The van der Waals surface area contributed by atoms with Crippen molar-refractivity contribution in [3.63, 3.8) is 0 Å². The van der Waals surface area contributed by atoms with Gasteiger partial charge >= 0.3 is 0 Å². The Bertz CT molecular complexity index is 441. The normalized spacial score (nSPS) is 10.2. The molecule has 86 valence electrons. The Labute approximate surface area is 100 Å². The van der Waals surface area contributed by atoms with Crippen molar-refractivity contribution in [1.29, 1.82) is 5.26 Å². The van der Waals surface area contributed by atoms with Crippen LogP contribution >= 0.6 is 11.3 Å². The number of carbonyl (C=O) groups is 1. The van der Waals surface area contributed by atoms with Crippen LogP contribution in [0.4, 0.5) is 5.00 Å². The summed E-state index contributed by atoms with van der Waals surface area (Å²) in [7, 11) is 0. The molecule has 0 bridgehead atoms. The summed E-state index contributed by atoms with van der Waals surface area (Å²) in [6, 6.07) is 2.18. The third-order valence-corrected chi connectivity index (χ3v) is 3.50. The maximum absolute atomic E-state index is 11.6. The third kappa shape index (κ3) is 2.42. The summed E-state index contributed by atoms with van der Waals surface area (Å²) in [5, 5.41) is 12.6. The number of carbonyl (C=O) groups excluding carboxylic acids is 1. The smallest absolute Gasteiger partial charge is 0.227 e. The molecule has 0 radical (unpaired) electrons. The van der Waals surface area contributed by atoms with Gasteiger partial charge in [-0.3, -0.25) is 4.79 Å². The zero-order valence-electron chi connectivity index (χ0n) is 10.0. The molecule has 0 aliphatic heterocycles. The van der Waals surface area contributed by atoms with Gasteiger partial charge < -0.3 is 5.32 Å². The average molecular weight is 236 g/mol. The van der Waals surface area contributed by atoms with E-state index in [1.54, 1.807) is 0 Å². The second kappa shape index (κ2) is 5.13. The van der Waals surface area contributed by atoms with E-state index in [4.69, 9.17) is 5.26 Å². The minimum absolute atomic E-state index is 0.0413. The Morgan fingerprint density at radius 2 is 2.19 bits per heavy atom. The summed E-state index contributed by atoms with van der Waals surface area (Å²) in [6.45, 7) is 7.67. The van der Waals surface area contributed by atoms with E-state index in [2.05, 4.69) is 11.4 Å². The first-order valence-electron chi connectivity index (χ1n) is 5.34. The van der Waals surface area contributed by atoms with E-state index in [0.717, 1.165) is 16.9 Å². The number of hydrogen-bond donors (Lipinski definition) is 1. The highest BCUT2D eigenvalue weighted by molar-refractivity contribution is 7.16. The topological polar surface area (TPSA) is 52.9 Å². The van der Waals surface area contributed by atoms with Crippen molar-refractivity contribution < 1.29 is 4.79 Å². The maximum atomic E-state index is 11.6. The van der Waals surface area contributed by atoms with Gasteiger partial charge in [-0.2, -0.15) is 5.26 Å². The molecule has 0 spiro atoms. The van der Waals surface area contributed by atoms with Gasteiger partial charge in [0, 0.05) is 10.8 Å². The molecule has 4 heteroatoms. The molecule has 1 aromatic rings. The van der Waals surface area contributed by atoms with Crippen LogP contribution < -0.4 is 5.32 Å². The third-order valence-electron chi connectivity index (χ3n) is 2.44. The second-order valence-electron chi connectivity index (χ2n) is 3.95. The molecule has 1 N–H and O–H groups in total. The van der Waals surface area contributed by atoms with Gasteiger partial charge in [0.15, 0.2) is 0 Å². The Morgan fingerprint density at radius 1 is 1.56 bits per heavy atom. The Kier molecular flexibility index (Phi) is 4.08. The van der Waals surface area contributed by atoms with Crippen molar-refractivity contribution in [3.05, 3.63) is 16.0 Å². The molecule has 3 nitrogen and oxygen atoms in total. The first-order chi connectivity index (χ1) is 7.51. The van der Waals surface area contributed by atoms with E-state index in [-0.39, 0.29) is 11.8 Å². The van der Waals surface area contributed by atoms with Crippen LogP contribution in [0.1, 0.15) is 36.8 Å². The van der Waals surface area contributed by atoms with Crippen molar-refractivity contribution in [3.8, 4) is 6.07 Å². The van der Waals surface area contributed by atoms with E-state index in [9.17, 15) is 4.79 Å². The van der Waals surface area contributed by atoms with E-state index in [0.29, 0.717) is 10.6 Å². The zero-order chi connectivity index (χ0) is 12.3. The molecule has 0 fully saturated rings. The summed E-state index contributed by atoms with van der Waals surface area (Å²) >= 11 is 1.48. The lowest BCUT2D eigenvalue weighted by molar-refractivity contribution is -0.118. The Balaban J connectivity index is 3.07. The van der Waals surface area contributed by atoms with Gasteiger partial charge in [0.2, 0.25) is 5.91 Å². The molecule has 0 saturated carbocycles. The lowest BCUT2D eigenvalue weighted by atomic mass is 10.1. The van der Waals surface area contributed by atoms with Crippen LogP contribution in [0.25, 0.3) is 0 Å². The molecule has 16 heavy (non-hydrogen) atoms. The Hall–Kier alpha value is -1.34. The fraction of sp³-hybridized carbons (Fsp3) is 0.500. The second-order valence-corrected chi connectivity index (χ2v) is 5.17. The summed E-state index contributed by atoms with van der Waals surface area (Å²) in [4.78, 5) is 12.7. The van der Waals surface area contributed by atoms with Gasteiger partial charge in [-0.1, -0.05) is 20.8 Å².